The SMILES string of the molecule is C/C1=C(N2CCCC2c2cc(F)ccc2F)/C=C\n2ncc(C)c2CC1. The Labute approximate surface area is 152 Å². The van der Waals surface area contributed by atoms with E-state index in [0.29, 0.717) is 5.56 Å². The Bertz CT molecular complexity index is 895. The molecule has 1 fully saturated rings. The van der Waals surface area contributed by atoms with E-state index in [1.54, 1.807) is 0 Å². The molecule has 1 aromatic carbocycles. The van der Waals surface area contributed by atoms with Gasteiger partial charge in [0.15, 0.2) is 0 Å². The van der Waals surface area contributed by atoms with Crippen molar-refractivity contribution in [2.75, 3.05) is 6.54 Å². The van der Waals surface area contributed by atoms with Crippen molar-refractivity contribution in [3.8, 4) is 0 Å². The lowest BCUT2D eigenvalue weighted by Gasteiger charge is -2.30. The molecule has 0 radical (unpaired) electrons. The largest absolute Gasteiger partial charge is 0.364 e. The maximum atomic E-state index is 14.4. The molecule has 3 heterocycles. The molecular formula is C21H23F2N3. The number of benzene rings is 1. The highest BCUT2D eigenvalue weighted by Crippen LogP contribution is 2.38. The highest BCUT2D eigenvalue weighted by molar-refractivity contribution is 5.41. The molecule has 0 spiro atoms. The van der Waals surface area contributed by atoms with Gasteiger partial charge >= 0.3 is 0 Å². The molecule has 26 heavy (non-hydrogen) atoms. The first-order chi connectivity index (χ1) is 12.5. The number of hydrogen-bond donors (Lipinski definition) is 0. The van der Waals surface area contributed by atoms with Crippen molar-refractivity contribution in [1.82, 2.24) is 14.7 Å². The molecule has 3 nitrogen and oxygen atoms in total. The lowest BCUT2D eigenvalue weighted by molar-refractivity contribution is 0.323. The van der Waals surface area contributed by atoms with Gasteiger partial charge in [-0.15, -0.1) is 0 Å². The van der Waals surface area contributed by atoms with E-state index in [4.69, 9.17) is 0 Å². The number of aromatic nitrogens is 2. The quantitative estimate of drug-likeness (QED) is 0.756. The highest BCUT2D eigenvalue weighted by atomic mass is 19.1. The zero-order valence-corrected chi connectivity index (χ0v) is 15.2. The summed E-state index contributed by atoms with van der Waals surface area (Å²) in [5.74, 6) is -0.717. The van der Waals surface area contributed by atoms with Gasteiger partial charge in [0.1, 0.15) is 11.6 Å². The van der Waals surface area contributed by atoms with Crippen LogP contribution < -0.4 is 0 Å². The number of hydrogen-bond acceptors (Lipinski definition) is 2. The minimum atomic E-state index is -0.385. The van der Waals surface area contributed by atoms with Crippen LogP contribution in [0.15, 0.2) is 41.7 Å². The van der Waals surface area contributed by atoms with Crippen LogP contribution in [0, 0.1) is 18.6 Å². The number of likely N-dealkylation sites (tertiary alicyclic amines) is 1. The molecule has 2 aliphatic rings. The number of aryl methyl sites for hydroxylation is 1. The van der Waals surface area contributed by atoms with Gasteiger partial charge in [-0.05, 0) is 74.9 Å². The molecule has 5 heteroatoms. The van der Waals surface area contributed by atoms with Gasteiger partial charge in [-0.3, -0.25) is 0 Å². The van der Waals surface area contributed by atoms with Crippen molar-refractivity contribution in [1.29, 1.82) is 0 Å². The average molecular weight is 355 g/mol. The van der Waals surface area contributed by atoms with Gasteiger partial charge in [0.05, 0.1) is 12.2 Å². The first kappa shape index (κ1) is 17.0. The van der Waals surface area contributed by atoms with Crippen LogP contribution in [-0.4, -0.2) is 21.2 Å². The van der Waals surface area contributed by atoms with Crippen molar-refractivity contribution in [3.05, 3.63) is 70.2 Å². The van der Waals surface area contributed by atoms with E-state index in [9.17, 15) is 8.78 Å². The van der Waals surface area contributed by atoms with E-state index in [1.807, 2.05) is 17.1 Å². The molecule has 0 N–H and O–H groups in total. The van der Waals surface area contributed by atoms with E-state index in [2.05, 4.69) is 29.9 Å². The summed E-state index contributed by atoms with van der Waals surface area (Å²) in [6, 6.07) is 3.63. The van der Waals surface area contributed by atoms with Crippen LogP contribution in [0.2, 0.25) is 0 Å². The maximum absolute atomic E-state index is 14.4. The van der Waals surface area contributed by atoms with Crippen molar-refractivity contribution in [2.45, 2.75) is 45.6 Å². The lowest BCUT2D eigenvalue weighted by atomic mass is 10.0. The Morgan fingerprint density at radius 3 is 2.85 bits per heavy atom. The molecule has 0 saturated carbocycles. The molecule has 0 amide bonds. The zero-order valence-electron chi connectivity index (χ0n) is 15.2. The molecule has 1 unspecified atom stereocenters. The fraction of sp³-hybridized carbons (Fsp3) is 0.381. The minimum absolute atomic E-state index is 0.126. The Morgan fingerprint density at radius 2 is 2.00 bits per heavy atom. The Morgan fingerprint density at radius 1 is 1.15 bits per heavy atom. The number of rotatable bonds is 2. The van der Waals surface area contributed by atoms with Crippen LogP contribution in [0.3, 0.4) is 0 Å². The number of nitrogens with zero attached hydrogens (tertiary/aromatic N) is 3. The monoisotopic (exact) mass is 355 g/mol. The summed E-state index contributed by atoms with van der Waals surface area (Å²) in [6.45, 7) is 5.07. The van der Waals surface area contributed by atoms with Gasteiger partial charge in [-0.25, -0.2) is 13.5 Å². The molecule has 0 bridgehead atoms. The summed E-state index contributed by atoms with van der Waals surface area (Å²) < 4.78 is 30.0. The van der Waals surface area contributed by atoms with E-state index in [0.717, 1.165) is 37.9 Å². The summed E-state index contributed by atoms with van der Waals surface area (Å²) in [5, 5.41) is 4.43. The first-order valence-electron chi connectivity index (χ1n) is 9.17. The van der Waals surface area contributed by atoms with Gasteiger partial charge in [0.25, 0.3) is 0 Å². The zero-order chi connectivity index (χ0) is 18.3. The molecule has 2 aromatic rings. The fourth-order valence-corrected chi connectivity index (χ4v) is 4.12. The third-order valence-corrected chi connectivity index (χ3v) is 5.53. The van der Waals surface area contributed by atoms with Gasteiger partial charge in [0.2, 0.25) is 0 Å². The van der Waals surface area contributed by atoms with Crippen LogP contribution in [-0.2, 0) is 6.42 Å². The van der Waals surface area contributed by atoms with Crippen LogP contribution >= 0.6 is 0 Å². The van der Waals surface area contributed by atoms with Crippen molar-refractivity contribution >= 4 is 6.20 Å². The Hall–Kier alpha value is -2.43. The van der Waals surface area contributed by atoms with Gasteiger partial charge < -0.3 is 4.90 Å². The standard InChI is InChI=1S/C21H23F2N3/c1-14-5-8-20-15(2)13-24-26(20)11-9-19(14)25-10-3-4-21(25)17-12-16(22)6-7-18(17)23/h6-7,9,11-13,21H,3-5,8,10H2,1-2H3/b11-9-,19-14+. The third kappa shape index (κ3) is 2.96. The summed E-state index contributed by atoms with van der Waals surface area (Å²) in [4.78, 5) is 2.23. The van der Waals surface area contributed by atoms with E-state index >= 15 is 0 Å². The second kappa shape index (κ2) is 6.71. The molecule has 1 saturated heterocycles. The first-order valence-corrected chi connectivity index (χ1v) is 9.17. The predicted molar refractivity (Wildman–Crippen MR) is 98.4 cm³/mol. The Balaban J connectivity index is 1.71. The van der Waals surface area contributed by atoms with Crippen molar-refractivity contribution in [3.63, 3.8) is 0 Å². The van der Waals surface area contributed by atoms with Gasteiger partial charge in [-0.2, -0.15) is 5.10 Å². The molecule has 0 aliphatic carbocycles. The number of allylic oxidation sites excluding steroid dienone is 2. The van der Waals surface area contributed by atoms with Gasteiger partial charge in [0, 0.05) is 29.7 Å². The van der Waals surface area contributed by atoms with Crippen LogP contribution in [0.5, 0.6) is 0 Å². The van der Waals surface area contributed by atoms with Crippen molar-refractivity contribution < 1.29 is 8.78 Å². The summed E-state index contributed by atoms with van der Waals surface area (Å²) in [7, 11) is 0. The molecule has 2 aliphatic heterocycles. The van der Waals surface area contributed by atoms with E-state index in [-0.39, 0.29) is 17.7 Å². The summed E-state index contributed by atoms with van der Waals surface area (Å²) in [5.41, 5.74) is 5.27. The molecule has 1 atom stereocenters. The molecular weight excluding hydrogens is 332 g/mol. The van der Waals surface area contributed by atoms with Crippen LogP contribution in [0.25, 0.3) is 6.20 Å². The Kier molecular flexibility index (Phi) is 4.39. The maximum Gasteiger partial charge on any atom is 0.128 e. The van der Waals surface area contributed by atoms with Crippen molar-refractivity contribution in [2.24, 2.45) is 0 Å². The van der Waals surface area contributed by atoms with Crippen LogP contribution in [0.1, 0.15) is 49.0 Å². The minimum Gasteiger partial charge on any atom is -0.364 e. The summed E-state index contributed by atoms with van der Waals surface area (Å²) in [6.07, 6.45) is 9.60. The van der Waals surface area contributed by atoms with Crippen LogP contribution in [0.4, 0.5) is 8.78 Å². The average Bonchev–Trinajstić information content (AvgIpc) is 3.21. The predicted octanol–water partition coefficient (Wildman–Crippen LogP) is 5.00. The van der Waals surface area contributed by atoms with E-state index < -0.39 is 0 Å². The van der Waals surface area contributed by atoms with E-state index in [1.165, 1.54) is 35.0 Å². The topological polar surface area (TPSA) is 21.1 Å². The smallest absolute Gasteiger partial charge is 0.128 e. The highest BCUT2D eigenvalue weighted by Gasteiger charge is 2.30. The molecule has 136 valence electrons. The third-order valence-electron chi connectivity index (χ3n) is 5.53. The normalized spacial score (nSPS) is 24.3. The molecule has 1 aromatic heterocycles. The molecule has 4 rings (SSSR count). The second-order valence-corrected chi connectivity index (χ2v) is 7.22. The lowest BCUT2D eigenvalue weighted by Crippen LogP contribution is -2.24. The fourth-order valence-electron chi connectivity index (χ4n) is 4.12. The number of halogens is 2. The van der Waals surface area contributed by atoms with Gasteiger partial charge in [-0.1, -0.05) is 0 Å². The number of fused-ring (bicyclic) bond motifs is 1. The second-order valence-electron chi connectivity index (χ2n) is 7.22. The summed E-state index contributed by atoms with van der Waals surface area (Å²) >= 11 is 0.